The Balaban J connectivity index is 1.42. The minimum atomic E-state index is -0.121. The van der Waals surface area contributed by atoms with Gasteiger partial charge in [-0.05, 0) is 37.1 Å². The van der Waals surface area contributed by atoms with Gasteiger partial charge in [0.2, 0.25) is 0 Å². The number of carbonyl (C=O) groups is 1. The lowest BCUT2D eigenvalue weighted by Gasteiger charge is -2.28. The molecule has 0 saturated carbocycles. The molecule has 0 radical (unpaired) electrons. The average molecular weight is 499 g/mol. The minimum Gasteiger partial charge on any atom is -0.494 e. The number of unbranched alkanes of at least 4 members (excludes halogenated alkanes) is 1. The summed E-state index contributed by atoms with van der Waals surface area (Å²) < 4.78 is 13.0. The lowest BCUT2D eigenvalue weighted by Crippen LogP contribution is -2.37. The van der Waals surface area contributed by atoms with Gasteiger partial charge in [-0.1, -0.05) is 32.0 Å². The molecule has 1 aliphatic rings. The fourth-order valence-electron chi connectivity index (χ4n) is 3.77. The van der Waals surface area contributed by atoms with Gasteiger partial charge >= 0.3 is 0 Å². The van der Waals surface area contributed by atoms with Gasteiger partial charge in [-0.2, -0.15) is 5.10 Å². The van der Waals surface area contributed by atoms with Gasteiger partial charge in [0.1, 0.15) is 11.6 Å². The summed E-state index contributed by atoms with van der Waals surface area (Å²) in [6, 6.07) is 7.26. The zero-order chi connectivity index (χ0) is 24.5. The number of rotatable bonds is 12. The van der Waals surface area contributed by atoms with Gasteiger partial charge in [0, 0.05) is 31.0 Å². The Morgan fingerprint density at radius 2 is 1.94 bits per heavy atom. The molecule has 1 saturated heterocycles. The molecular formula is C25H34N6O3S. The molecule has 1 fully saturated rings. The van der Waals surface area contributed by atoms with Crippen molar-refractivity contribution in [2.45, 2.75) is 44.8 Å². The zero-order valence-electron chi connectivity index (χ0n) is 20.5. The molecule has 2 aromatic heterocycles. The average Bonchev–Trinajstić information content (AvgIpc) is 3.30. The third kappa shape index (κ3) is 6.64. The number of morpholine rings is 1. The number of benzene rings is 1. The first kappa shape index (κ1) is 25.2. The summed E-state index contributed by atoms with van der Waals surface area (Å²) in [5, 5.41) is 9.24. The fourth-order valence-corrected chi connectivity index (χ4v) is 4.46. The van der Waals surface area contributed by atoms with Crippen LogP contribution in [0.3, 0.4) is 0 Å². The smallest absolute Gasteiger partial charge is 0.251 e. The van der Waals surface area contributed by atoms with E-state index in [9.17, 15) is 4.79 Å². The number of thioether (sulfide) groups is 1. The Labute approximate surface area is 210 Å². The van der Waals surface area contributed by atoms with E-state index in [0.29, 0.717) is 38.5 Å². The predicted molar refractivity (Wildman–Crippen MR) is 139 cm³/mol. The number of fused-ring (bicyclic) bond motifs is 1. The first-order chi connectivity index (χ1) is 17.2. The van der Waals surface area contributed by atoms with Crippen LogP contribution in [0.2, 0.25) is 0 Å². The molecule has 1 aliphatic heterocycles. The standard InChI is InChI=1S/C25H34N6O3S/c1-3-5-14-34-20-8-6-19(7-9-20)24(32)26-10-11-31-23-21(18-27-31)22(30-12-15-33-16-13-30)28-25(29-23)35-17-4-2/h6-9,18H,3-5,10-17H2,1-2H3,(H,26,32). The normalized spacial score (nSPS) is 13.8. The van der Waals surface area contributed by atoms with E-state index in [2.05, 4.69) is 29.2 Å². The Hall–Kier alpha value is -2.85. The number of hydrogen-bond donors (Lipinski definition) is 1. The highest BCUT2D eigenvalue weighted by Crippen LogP contribution is 2.28. The van der Waals surface area contributed by atoms with Gasteiger partial charge in [-0.25, -0.2) is 14.6 Å². The van der Waals surface area contributed by atoms with E-state index in [-0.39, 0.29) is 5.91 Å². The third-order valence-corrected chi connectivity index (χ3v) is 6.75. The molecule has 3 aromatic rings. The number of carbonyl (C=O) groups excluding carboxylic acids is 1. The van der Waals surface area contributed by atoms with Crippen molar-refractivity contribution in [3.63, 3.8) is 0 Å². The van der Waals surface area contributed by atoms with E-state index in [4.69, 9.17) is 19.4 Å². The molecule has 188 valence electrons. The van der Waals surface area contributed by atoms with Gasteiger partial charge in [-0.3, -0.25) is 4.79 Å². The Bertz CT molecular complexity index is 1100. The van der Waals surface area contributed by atoms with Gasteiger partial charge in [0.15, 0.2) is 10.8 Å². The topological polar surface area (TPSA) is 94.4 Å². The van der Waals surface area contributed by atoms with E-state index in [0.717, 1.165) is 65.9 Å². The Morgan fingerprint density at radius 1 is 1.14 bits per heavy atom. The van der Waals surface area contributed by atoms with Crippen LogP contribution >= 0.6 is 11.8 Å². The van der Waals surface area contributed by atoms with Crippen LogP contribution in [0.25, 0.3) is 11.0 Å². The highest BCUT2D eigenvalue weighted by molar-refractivity contribution is 7.99. The predicted octanol–water partition coefficient (Wildman–Crippen LogP) is 3.77. The van der Waals surface area contributed by atoms with Crippen molar-refractivity contribution in [2.24, 2.45) is 0 Å². The molecule has 1 amide bonds. The van der Waals surface area contributed by atoms with Crippen molar-refractivity contribution in [1.82, 2.24) is 25.1 Å². The van der Waals surface area contributed by atoms with Crippen molar-refractivity contribution >= 4 is 34.5 Å². The molecule has 4 rings (SSSR count). The molecule has 0 atom stereocenters. The van der Waals surface area contributed by atoms with Crippen molar-refractivity contribution in [2.75, 3.05) is 50.1 Å². The van der Waals surface area contributed by atoms with Crippen LogP contribution in [-0.4, -0.2) is 70.9 Å². The Kier molecular flexibility index (Phi) is 9.19. The van der Waals surface area contributed by atoms with E-state index in [1.54, 1.807) is 23.9 Å². The van der Waals surface area contributed by atoms with Crippen LogP contribution in [0.15, 0.2) is 35.6 Å². The number of anilines is 1. The van der Waals surface area contributed by atoms with E-state index >= 15 is 0 Å². The second kappa shape index (κ2) is 12.7. The minimum absolute atomic E-state index is 0.121. The summed E-state index contributed by atoms with van der Waals surface area (Å²) in [4.78, 5) is 24.5. The van der Waals surface area contributed by atoms with E-state index in [1.807, 2.05) is 23.0 Å². The van der Waals surface area contributed by atoms with Crippen molar-refractivity contribution in [3.8, 4) is 5.75 Å². The number of aromatic nitrogens is 4. The quantitative estimate of drug-likeness (QED) is 0.229. The van der Waals surface area contributed by atoms with Crippen molar-refractivity contribution < 1.29 is 14.3 Å². The lowest BCUT2D eigenvalue weighted by molar-refractivity contribution is 0.0952. The summed E-state index contributed by atoms with van der Waals surface area (Å²) in [6.45, 7) is 8.90. The molecule has 1 aromatic carbocycles. The van der Waals surface area contributed by atoms with Crippen LogP contribution in [0.4, 0.5) is 5.82 Å². The molecular weight excluding hydrogens is 464 g/mol. The second-order valence-corrected chi connectivity index (χ2v) is 9.43. The van der Waals surface area contributed by atoms with Gasteiger partial charge in [0.05, 0.1) is 37.9 Å². The van der Waals surface area contributed by atoms with Crippen LogP contribution < -0.4 is 15.0 Å². The molecule has 0 spiro atoms. The number of nitrogens with zero attached hydrogens (tertiary/aromatic N) is 5. The molecule has 1 N–H and O–H groups in total. The van der Waals surface area contributed by atoms with E-state index < -0.39 is 0 Å². The maximum Gasteiger partial charge on any atom is 0.251 e. The summed E-state index contributed by atoms with van der Waals surface area (Å²) >= 11 is 1.66. The highest BCUT2D eigenvalue weighted by Gasteiger charge is 2.20. The monoisotopic (exact) mass is 498 g/mol. The van der Waals surface area contributed by atoms with Crippen molar-refractivity contribution in [3.05, 3.63) is 36.0 Å². The summed E-state index contributed by atoms with van der Waals surface area (Å²) in [7, 11) is 0. The summed E-state index contributed by atoms with van der Waals surface area (Å²) in [6.07, 6.45) is 4.98. The first-order valence-electron chi connectivity index (χ1n) is 12.4. The summed E-state index contributed by atoms with van der Waals surface area (Å²) in [5.41, 5.74) is 1.40. The second-order valence-electron chi connectivity index (χ2n) is 8.36. The molecule has 10 heteroatoms. The van der Waals surface area contributed by atoms with Gasteiger partial charge < -0.3 is 19.7 Å². The maximum absolute atomic E-state index is 12.6. The van der Waals surface area contributed by atoms with Crippen molar-refractivity contribution in [1.29, 1.82) is 0 Å². The number of hydrogen-bond acceptors (Lipinski definition) is 8. The number of ether oxygens (including phenoxy) is 2. The molecule has 0 aliphatic carbocycles. The summed E-state index contributed by atoms with van der Waals surface area (Å²) in [5.74, 6) is 2.53. The molecule has 9 nitrogen and oxygen atoms in total. The van der Waals surface area contributed by atoms with E-state index in [1.165, 1.54) is 0 Å². The fraction of sp³-hybridized carbons (Fsp3) is 0.520. The number of nitrogens with one attached hydrogen (secondary N) is 1. The number of amides is 1. The van der Waals surface area contributed by atoms with Gasteiger partial charge in [-0.15, -0.1) is 0 Å². The SMILES string of the molecule is CCCCOc1ccc(C(=O)NCCn2ncc3c(N4CCOCC4)nc(SCCC)nc32)cc1. The van der Waals surface area contributed by atoms with Crippen LogP contribution in [0, 0.1) is 0 Å². The largest absolute Gasteiger partial charge is 0.494 e. The zero-order valence-corrected chi connectivity index (χ0v) is 21.4. The molecule has 0 unspecified atom stereocenters. The van der Waals surface area contributed by atoms with Gasteiger partial charge in [0.25, 0.3) is 5.91 Å². The van der Waals surface area contributed by atoms with Crippen LogP contribution in [-0.2, 0) is 11.3 Å². The Morgan fingerprint density at radius 3 is 2.69 bits per heavy atom. The maximum atomic E-state index is 12.6. The molecule has 3 heterocycles. The lowest BCUT2D eigenvalue weighted by atomic mass is 10.2. The highest BCUT2D eigenvalue weighted by atomic mass is 32.2. The molecule has 35 heavy (non-hydrogen) atoms. The first-order valence-corrected chi connectivity index (χ1v) is 13.4. The van der Waals surface area contributed by atoms with Crippen LogP contribution in [0.5, 0.6) is 5.75 Å². The molecule has 0 bridgehead atoms. The van der Waals surface area contributed by atoms with Crippen LogP contribution in [0.1, 0.15) is 43.5 Å². The third-order valence-electron chi connectivity index (χ3n) is 5.69.